The number of nitrogens with zero attached hydrogens (tertiary/aromatic N) is 1. The Bertz CT molecular complexity index is 214. The van der Waals surface area contributed by atoms with Crippen molar-refractivity contribution in [1.82, 2.24) is 4.98 Å². The van der Waals surface area contributed by atoms with Crippen molar-refractivity contribution in [2.45, 2.75) is 6.18 Å². The fourth-order valence-electron chi connectivity index (χ4n) is 0.488. The van der Waals surface area contributed by atoms with Gasteiger partial charge in [-0.25, -0.2) is 0 Å². The molecule has 0 aliphatic carbocycles. The van der Waals surface area contributed by atoms with Crippen molar-refractivity contribution in [2.24, 2.45) is 0 Å². The molecule has 1 heterocycles. The Morgan fingerprint density at radius 2 is 2.00 bits per heavy atom. The van der Waals surface area contributed by atoms with Gasteiger partial charge in [-0.2, -0.15) is 25.3 Å². The van der Waals surface area contributed by atoms with E-state index in [1.807, 2.05) is 0 Å². The van der Waals surface area contributed by atoms with Crippen LogP contribution in [0, 0.1) is 6.20 Å². The molecule has 0 saturated carbocycles. The monoisotopic (exact) mass is 337 g/mol. The van der Waals surface area contributed by atoms with Gasteiger partial charge >= 0.3 is 40.7 Å². The van der Waals surface area contributed by atoms with Crippen molar-refractivity contribution in [3.63, 3.8) is 0 Å². The van der Waals surface area contributed by atoms with Gasteiger partial charge in [-0.1, -0.05) is 12.4 Å². The van der Waals surface area contributed by atoms with Gasteiger partial charge < -0.3 is 4.98 Å². The predicted molar refractivity (Wildman–Crippen MR) is 42.1 cm³/mol. The summed E-state index contributed by atoms with van der Waals surface area (Å²) >= 11 is 3.62. The molecule has 1 aromatic rings. The molecule has 0 unspecified atom stereocenters. The number of rotatable bonds is 0. The van der Waals surface area contributed by atoms with Gasteiger partial charge in [0.2, 0.25) is 0 Å². The molecule has 0 aliphatic heterocycles. The molecule has 1 nitrogen and oxygen atoms in total. The standard InChI is InChI=1S/C6H3F3N.HI.Zn/c7-6(8,9)5-2-1-3-10-4-5;;/h1-2,4H;1H;/q-1;;+2/p-1. The van der Waals surface area contributed by atoms with E-state index in [-0.39, 0.29) is 0 Å². The summed E-state index contributed by atoms with van der Waals surface area (Å²) in [4.78, 5) is 3.21. The minimum atomic E-state index is -4.29. The minimum absolute atomic E-state index is 0.736. The first-order chi connectivity index (χ1) is 5.61. The zero-order chi connectivity index (χ0) is 9.61. The molecule has 0 spiro atoms. The SMILES string of the molecule is FC(F)(F)c1cc[c-]nc1.[Zn+][I]. The van der Waals surface area contributed by atoms with Gasteiger partial charge in [0.1, 0.15) is 0 Å². The molecule has 12 heavy (non-hydrogen) atoms. The van der Waals surface area contributed by atoms with E-state index in [0.29, 0.717) is 0 Å². The van der Waals surface area contributed by atoms with Crippen LogP contribution in [-0.2, 0) is 21.0 Å². The van der Waals surface area contributed by atoms with Gasteiger partial charge in [-0.3, -0.25) is 0 Å². The maximum atomic E-state index is 11.7. The Morgan fingerprint density at radius 1 is 1.42 bits per heavy atom. The second-order valence-corrected chi connectivity index (χ2v) is 1.67. The third-order valence-corrected chi connectivity index (χ3v) is 0.943. The average Bonchev–Trinajstić information content (AvgIpc) is 2.08. The van der Waals surface area contributed by atoms with Gasteiger partial charge in [0, 0.05) is 0 Å². The number of alkyl halides is 3. The van der Waals surface area contributed by atoms with Gasteiger partial charge in [-0.05, 0) is 5.56 Å². The van der Waals surface area contributed by atoms with Crippen LogP contribution in [0.25, 0.3) is 0 Å². The number of aromatic nitrogens is 1. The van der Waals surface area contributed by atoms with Crippen LogP contribution in [0.3, 0.4) is 0 Å². The zero-order valence-corrected chi connectivity index (χ0v) is 11.0. The fraction of sp³-hybridized carbons (Fsp3) is 0.167. The van der Waals surface area contributed by atoms with E-state index >= 15 is 0 Å². The van der Waals surface area contributed by atoms with Crippen LogP contribution in [0.15, 0.2) is 18.3 Å². The van der Waals surface area contributed by atoms with E-state index < -0.39 is 11.7 Å². The van der Waals surface area contributed by atoms with Gasteiger partial charge in [0.15, 0.2) is 0 Å². The van der Waals surface area contributed by atoms with E-state index in [4.69, 9.17) is 0 Å². The summed E-state index contributed by atoms with van der Waals surface area (Å²) in [6, 6.07) is 2.05. The summed E-state index contributed by atoms with van der Waals surface area (Å²) in [5.41, 5.74) is -0.744. The Hall–Kier alpha value is 0.293. The number of halogens is 4. The fourth-order valence-corrected chi connectivity index (χ4v) is 0.488. The van der Waals surface area contributed by atoms with Crippen LogP contribution >= 0.6 is 19.8 Å². The summed E-state index contributed by atoms with van der Waals surface area (Å²) in [7, 11) is 0. The molecule has 62 valence electrons. The van der Waals surface area contributed by atoms with Crippen LogP contribution in [0.5, 0.6) is 0 Å². The normalized spacial score (nSPS) is 10.2. The number of hydrogen-bond donors (Lipinski definition) is 0. The average molecular weight is 338 g/mol. The van der Waals surface area contributed by atoms with E-state index in [1.54, 1.807) is 0 Å². The molecule has 0 amide bonds. The van der Waals surface area contributed by atoms with Crippen molar-refractivity contribution >= 4 is 19.8 Å². The molecule has 0 bridgehead atoms. The number of hydrogen-bond acceptors (Lipinski definition) is 1. The summed E-state index contributed by atoms with van der Waals surface area (Å²) in [5, 5.41) is 0. The van der Waals surface area contributed by atoms with Crippen LogP contribution in [0.4, 0.5) is 13.2 Å². The van der Waals surface area contributed by atoms with E-state index in [1.165, 1.54) is 14.8 Å². The second kappa shape index (κ2) is 5.86. The van der Waals surface area contributed by atoms with E-state index in [0.717, 1.165) is 18.3 Å². The van der Waals surface area contributed by atoms with Crippen LogP contribution < -0.4 is 0 Å². The topological polar surface area (TPSA) is 12.9 Å². The molecule has 0 aliphatic rings. The Morgan fingerprint density at radius 3 is 2.25 bits per heavy atom. The molecular weight excluding hydrogens is 335 g/mol. The van der Waals surface area contributed by atoms with Crippen molar-refractivity contribution in [3.8, 4) is 0 Å². The van der Waals surface area contributed by atoms with Crippen LogP contribution in [-0.4, -0.2) is 4.98 Å². The summed E-state index contributed by atoms with van der Waals surface area (Å²) in [6.07, 6.45) is -1.30. The third kappa shape index (κ3) is 4.35. The molecule has 6 heteroatoms. The Balaban J connectivity index is 0.000000561. The molecule has 1 rings (SSSR count). The predicted octanol–water partition coefficient (Wildman–Crippen LogP) is 2.78. The van der Waals surface area contributed by atoms with Gasteiger partial charge in [0.25, 0.3) is 0 Å². The van der Waals surface area contributed by atoms with E-state index in [9.17, 15) is 13.2 Å². The summed E-state index contributed by atoms with van der Waals surface area (Å²) in [6.45, 7) is 0. The molecule has 0 N–H and O–H groups in total. The summed E-state index contributed by atoms with van der Waals surface area (Å²) < 4.78 is 35.2. The summed E-state index contributed by atoms with van der Waals surface area (Å²) in [5.74, 6) is 0. The number of pyridine rings is 1. The molecular formula is C6H3F3INZn. The first-order valence-corrected chi connectivity index (χ1v) is 11.8. The third-order valence-electron chi connectivity index (χ3n) is 0.943. The Kier molecular flexibility index (Phi) is 6.00. The molecule has 0 fully saturated rings. The Labute approximate surface area is 88.6 Å². The second-order valence-electron chi connectivity index (χ2n) is 1.67. The van der Waals surface area contributed by atoms with Gasteiger partial charge in [0.05, 0.1) is 0 Å². The van der Waals surface area contributed by atoms with Gasteiger partial charge in [-0.15, -0.1) is 0 Å². The first-order valence-electron chi connectivity index (χ1n) is 2.77. The molecule has 1 aromatic heterocycles. The molecule has 0 aromatic carbocycles. The van der Waals surface area contributed by atoms with Crippen molar-refractivity contribution in [1.29, 1.82) is 0 Å². The molecule has 0 saturated heterocycles. The maximum absolute atomic E-state index is 11.7. The van der Waals surface area contributed by atoms with Crippen molar-refractivity contribution in [3.05, 3.63) is 30.1 Å². The molecule has 0 radical (unpaired) electrons. The first kappa shape index (κ1) is 12.3. The van der Waals surface area contributed by atoms with E-state index in [2.05, 4.69) is 30.9 Å². The van der Waals surface area contributed by atoms with Crippen LogP contribution in [0.1, 0.15) is 5.56 Å². The van der Waals surface area contributed by atoms with Crippen molar-refractivity contribution < 1.29 is 28.0 Å². The zero-order valence-electron chi connectivity index (χ0n) is 5.90. The molecule has 0 atom stereocenters. The quantitative estimate of drug-likeness (QED) is 0.403. The van der Waals surface area contributed by atoms with Crippen molar-refractivity contribution in [2.75, 3.05) is 0 Å². The van der Waals surface area contributed by atoms with Crippen LogP contribution in [0.2, 0.25) is 0 Å².